The zero-order valence-corrected chi connectivity index (χ0v) is 10.8. The molecule has 0 aliphatic carbocycles. The fraction of sp³-hybridized carbons (Fsp3) is 0.333. The van der Waals surface area contributed by atoms with Gasteiger partial charge in [0, 0.05) is 6.54 Å². The number of aromatic nitrogens is 4. The molecule has 1 atom stereocenters. The lowest BCUT2D eigenvalue weighted by molar-refractivity contribution is -0.00569. The normalized spacial score (nSPS) is 18.8. The Labute approximate surface area is 117 Å². The number of rotatable bonds is 2. The number of hydrogen-bond acceptors (Lipinski definition) is 5. The third-order valence-corrected chi connectivity index (χ3v) is 3.23. The molecule has 0 radical (unpaired) electrons. The van der Waals surface area contributed by atoms with E-state index in [0.29, 0.717) is 0 Å². The van der Waals surface area contributed by atoms with Gasteiger partial charge in [-0.25, -0.2) is 8.78 Å². The van der Waals surface area contributed by atoms with Crippen LogP contribution in [0, 0.1) is 11.6 Å². The standard InChI is InChI=1S/C12H11F2N5O2/c13-7-2-1-3-8(14)10(7)12(20)19-4-5-21-6-9(19)11-15-17-18-16-11/h1-3,9H,4-6H2,(H,15,16,17,18). The van der Waals surface area contributed by atoms with Gasteiger partial charge in [0.2, 0.25) is 0 Å². The summed E-state index contributed by atoms with van der Waals surface area (Å²) in [6, 6.07) is 2.65. The van der Waals surface area contributed by atoms with Crippen LogP contribution in [0.2, 0.25) is 0 Å². The van der Waals surface area contributed by atoms with Gasteiger partial charge < -0.3 is 9.64 Å². The maximum Gasteiger partial charge on any atom is 0.260 e. The number of carbonyl (C=O) groups excluding carboxylic acids is 1. The number of nitrogens with one attached hydrogen (secondary N) is 1. The summed E-state index contributed by atoms with van der Waals surface area (Å²) in [6.07, 6.45) is 0. The van der Waals surface area contributed by atoms with Crippen LogP contribution in [0.25, 0.3) is 0 Å². The van der Waals surface area contributed by atoms with Crippen LogP contribution in [-0.2, 0) is 4.74 Å². The van der Waals surface area contributed by atoms with Crippen LogP contribution in [0.4, 0.5) is 8.78 Å². The second kappa shape index (κ2) is 5.52. The van der Waals surface area contributed by atoms with Crippen molar-refractivity contribution in [2.75, 3.05) is 19.8 Å². The molecule has 1 aromatic heterocycles. The fourth-order valence-corrected chi connectivity index (χ4v) is 2.22. The van der Waals surface area contributed by atoms with E-state index in [1.165, 1.54) is 11.0 Å². The van der Waals surface area contributed by atoms with Crippen LogP contribution in [0.3, 0.4) is 0 Å². The number of morpholine rings is 1. The molecule has 1 unspecified atom stereocenters. The highest BCUT2D eigenvalue weighted by Gasteiger charge is 2.34. The van der Waals surface area contributed by atoms with Crippen molar-refractivity contribution in [3.8, 4) is 0 Å². The number of tetrazole rings is 1. The third-order valence-electron chi connectivity index (χ3n) is 3.23. The number of H-pyrrole nitrogens is 1. The Morgan fingerprint density at radius 1 is 1.38 bits per heavy atom. The molecule has 1 aliphatic rings. The van der Waals surface area contributed by atoms with E-state index in [2.05, 4.69) is 20.6 Å². The molecule has 7 nitrogen and oxygen atoms in total. The first-order valence-electron chi connectivity index (χ1n) is 6.24. The van der Waals surface area contributed by atoms with Crippen LogP contribution in [0.15, 0.2) is 18.2 Å². The summed E-state index contributed by atoms with van der Waals surface area (Å²) in [5.41, 5.74) is -0.590. The van der Waals surface area contributed by atoms with E-state index in [9.17, 15) is 13.6 Å². The lowest BCUT2D eigenvalue weighted by Gasteiger charge is -2.33. The number of aromatic amines is 1. The quantitative estimate of drug-likeness (QED) is 0.881. The molecule has 0 saturated carbocycles. The minimum absolute atomic E-state index is 0.140. The van der Waals surface area contributed by atoms with Gasteiger partial charge in [-0.2, -0.15) is 5.21 Å². The minimum Gasteiger partial charge on any atom is -0.377 e. The molecule has 0 bridgehead atoms. The summed E-state index contributed by atoms with van der Waals surface area (Å²) in [4.78, 5) is 13.7. The molecule has 2 heterocycles. The summed E-state index contributed by atoms with van der Waals surface area (Å²) in [5.74, 6) is -2.33. The number of nitrogens with zero attached hydrogens (tertiary/aromatic N) is 4. The highest BCUT2D eigenvalue weighted by atomic mass is 19.1. The SMILES string of the molecule is O=C(c1c(F)cccc1F)N1CCOCC1c1nn[nH]n1. The molecule has 1 saturated heterocycles. The van der Waals surface area contributed by atoms with E-state index in [1.54, 1.807) is 0 Å². The largest absolute Gasteiger partial charge is 0.377 e. The molecule has 110 valence electrons. The van der Waals surface area contributed by atoms with Gasteiger partial charge in [-0.3, -0.25) is 4.79 Å². The van der Waals surface area contributed by atoms with E-state index < -0.39 is 29.1 Å². The molecule has 3 rings (SSSR count). The van der Waals surface area contributed by atoms with Crippen LogP contribution in [-0.4, -0.2) is 51.2 Å². The van der Waals surface area contributed by atoms with Crippen molar-refractivity contribution in [3.05, 3.63) is 41.2 Å². The van der Waals surface area contributed by atoms with Gasteiger partial charge in [0.1, 0.15) is 23.2 Å². The molecule has 1 aliphatic heterocycles. The minimum atomic E-state index is -0.904. The van der Waals surface area contributed by atoms with Gasteiger partial charge >= 0.3 is 0 Å². The topological polar surface area (TPSA) is 84.0 Å². The van der Waals surface area contributed by atoms with Crippen molar-refractivity contribution in [1.29, 1.82) is 0 Å². The monoisotopic (exact) mass is 295 g/mol. The molecule has 1 amide bonds. The van der Waals surface area contributed by atoms with Gasteiger partial charge in [0.25, 0.3) is 5.91 Å². The number of halogens is 2. The number of amides is 1. The molecular formula is C12H11F2N5O2. The second-order valence-electron chi connectivity index (χ2n) is 4.46. The van der Waals surface area contributed by atoms with Crippen LogP contribution in [0.5, 0.6) is 0 Å². The number of hydrogen-bond donors (Lipinski definition) is 1. The van der Waals surface area contributed by atoms with Crippen LogP contribution < -0.4 is 0 Å². The zero-order valence-electron chi connectivity index (χ0n) is 10.8. The number of ether oxygens (including phenoxy) is 1. The number of carbonyl (C=O) groups is 1. The Balaban J connectivity index is 1.95. The van der Waals surface area contributed by atoms with Gasteiger partial charge in [0.15, 0.2) is 5.82 Å². The van der Waals surface area contributed by atoms with E-state index in [-0.39, 0.29) is 25.6 Å². The fourth-order valence-electron chi connectivity index (χ4n) is 2.22. The van der Waals surface area contributed by atoms with E-state index in [4.69, 9.17) is 4.74 Å². The van der Waals surface area contributed by atoms with E-state index in [1.807, 2.05) is 0 Å². The van der Waals surface area contributed by atoms with Crippen LogP contribution in [0.1, 0.15) is 22.2 Å². The van der Waals surface area contributed by atoms with Crippen molar-refractivity contribution < 1.29 is 18.3 Å². The van der Waals surface area contributed by atoms with Crippen molar-refractivity contribution in [1.82, 2.24) is 25.5 Å². The summed E-state index contributed by atoms with van der Waals surface area (Å²) in [6.45, 7) is 0.601. The molecule has 1 N–H and O–H groups in total. The molecule has 1 aromatic carbocycles. The predicted octanol–water partition coefficient (Wildman–Crippen LogP) is 0.692. The Morgan fingerprint density at radius 2 is 2.14 bits per heavy atom. The average molecular weight is 295 g/mol. The smallest absolute Gasteiger partial charge is 0.260 e. The molecule has 0 spiro atoms. The Hall–Kier alpha value is -2.42. The zero-order chi connectivity index (χ0) is 14.8. The summed E-state index contributed by atoms with van der Waals surface area (Å²) < 4.78 is 32.8. The van der Waals surface area contributed by atoms with Gasteiger partial charge in [-0.05, 0) is 12.1 Å². The Morgan fingerprint density at radius 3 is 2.81 bits per heavy atom. The van der Waals surface area contributed by atoms with Crippen molar-refractivity contribution in [2.45, 2.75) is 6.04 Å². The maximum atomic E-state index is 13.8. The van der Waals surface area contributed by atoms with E-state index >= 15 is 0 Å². The molecule has 2 aromatic rings. The van der Waals surface area contributed by atoms with Crippen molar-refractivity contribution in [2.24, 2.45) is 0 Å². The average Bonchev–Trinajstić information content (AvgIpc) is 3.01. The third kappa shape index (κ3) is 2.47. The lowest BCUT2D eigenvalue weighted by atomic mass is 10.1. The molecular weight excluding hydrogens is 284 g/mol. The van der Waals surface area contributed by atoms with Crippen LogP contribution >= 0.6 is 0 Å². The van der Waals surface area contributed by atoms with Crippen molar-refractivity contribution >= 4 is 5.91 Å². The van der Waals surface area contributed by atoms with Gasteiger partial charge in [-0.15, -0.1) is 10.2 Å². The second-order valence-corrected chi connectivity index (χ2v) is 4.46. The van der Waals surface area contributed by atoms with Gasteiger partial charge in [-0.1, -0.05) is 11.3 Å². The Bertz CT molecular complexity index is 629. The van der Waals surface area contributed by atoms with Crippen molar-refractivity contribution in [3.63, 3.8) is 0 Å². The first-order chi connectivity index (χ1) is 10.2. The lowest BCUT2D eigenvalue weighted by Crippen LogP contribution is -2.44. The molecule has 21 heavy (non-hydrogen) atoms. The Kier molecular flexibility index (Phi) is 3.57. The summed E-state index contributed by atoms with van der Waals surface area (Å²) in [7, 11) is 0. The summed E-state index contributed by atoms with van der Waals surface area (Å²) >= 11 is 0. The first-order valence-corrected chi connectivity index (χ1v) is 6.24. The summed E-state index contributed by atoms with van der Waals surface area (Å²) in [5, 5.41) is 13.3. The highest BCUT2D eigenvalue weighted by molar-refractivity contribution is 5.95. The maximum absolute atomic E-state index is 13.8. The molecule has 9 heteroatoms. The highest BCUT2D eigenvalue weighted by Crippen LogP contribution is 2.24. The predicted molar refractivity (Wildman–Crippen MR) is 65.1 cm³/mol. The van der Waals surface area contributed by atoms with E-state index in [0.717, 1.165) is 12.1 Å². The van der Waals surface area contributed by atoms with Gasteiger partial charge in [0.05, 0.1) is 13.2 Å². The first kappa shape index (κ1) is 13.6. The molecule has 1 fully saturated rings. The number of benzene rings is 1.